The zero-order valence-corrected chi connectivity index (χ0v) is 16.0. The van der Waals surface area contributed by atoms with Crippen LogP contribution in [0.1, 0.15) is 35.3 Å². The second kappa shape index (κ2) is 8.62. The quantitative estimate of drug-likeness (QED) is 0.499. The zero-order chi connectivity index (χ0) is 20.9. The summed E-state index contributed by atoms with van der Waals surface area (Å²) < 4.78 is 0. The van der Waals surface area contributed by atoms with Crippen LogP contribution in [-0.4, -0.2) is 34.0 Å². The van der Waals surface area contributed by atoms with Crippen molar-refractivity contribution < 1.29 is 19.6 Å². The molecule has 0 fully saturated rings. The second-order valence-electron chi connectivity index (χ2n) is 7.18. The Hall–Kier alpha value is -3.26. The summed E-state index contributed by atoms with van der Waals surface area (Å²) >= 11 is 0. The van der Waals surface area contributed by atoms with Gasteiger partial charge in [0.25, 0.3) is 11.6 Å². The number of aliphatic hydroxyl groups is 1. The van der Waals surface area contributed by atoms with Crippen LogP contribution < -0.4 is 10.6 Å². The summed E-state index contributed by atoms with van der Waals surface area (Å²) in [5, 5.41) is 25.5. The number of hydrogen-bond donors (Lipinski definition) is 3. The number of carbonyl (C=O) groups is 2. The van der Waals surface area contributed by atoms with Crippen molar-refractivity contribution in [3.05, 3.63) is 69.3 Å². The maximum absolute atomic E-state index is 12.3. The molecule has 0 bridgehead atoms. The number of amides is 2. The molecule has 0 saturated carbocycles. The summed E-state index contributed by atoms with van der Waals surface area (Å²) in [5.74, 6) is -0.592. The minimum absolute atomic E-state index is 0.0384. The van der Waals surface area contributed by atoms with E-state index in [0.717, 1.165) is 5.56 Å². The van der Waals surface area contributed by atoms with Crippen LogP contribution in [0.2, 0.25) is 0 Å². The first-order valence-electron chi connectivity index (χ1n) is 8.68. The largest absolute Gasteiger partial charge is 0.394 e. The lowest BCUT2D eigenvalue weighted by Gasteiger charge is -2.23. The molecule has 148 valence electrons. The van der Waals surface area contributed by atoms with Crippen LogP contribution in [0.4, 0.5) is 11.4 Å². The third kappa shape index (κ3) is 5.62. The summed E-state index contributed by atoms with van der Waals surface area (Å²) in [6.07, 6.45) is 0.152. The average Bonchev–Trinajstić information content (AvgIpc) is 2.62. The van der Waals surface area contributed by atoms with Crippen molar-refractivity contribution in [3.8, 4) is 0 Å². The zero-order valence-electron chi connectivity index (χ0n) is 16.0. The van der Waals surface area contributed by atoms with Crippen LogP contribution in [0.25, 0.3) is 0 Å². The van der Waals surface area contributed by atoms with Gasteiger partial charge in [0.1, 0.15) is 0 Å². The van der Waals surface area contributed by atoms with Crippen LogP contribution in [-0.2, 0) is 11.2 Å². The number of hydrogen-bond acceptors (Lipinski definition) is 5. The summed E-state index contributed by atoms with van der Waals surface area (Å²) in [6, 6.07) is 11.0. The highest BCUT2D eigenvalue weighted by Gasteiger charge is 2.19. The van der Waals surface area contributed by atoms with E-state index in [1.807, 2.05) is 0 Å². The van der Waals surface area contributed by atoms with Gasteiger partial charge >= 0.3 is 0 Å². The summed E-state index contributed by atoms with van der Waals surface area (Å²) in [7, 11) is 0. The van der Waals surface area contributed by atoms with Crippen molar-refractivity contribution in [2.24, 2.45) is 0 Å². The Morgan fingerprint density at radius 1 is 1.14 bits per heavy atom. The van der Waals surface area contributed by atoms with Crippen molar-refractivity contribution in [1.29, 1.82) is 0 Å². The lowest BCUT2D eigenvalue weighted by atomic mass is 10.1. The van der Waals surface area contributed by atoms with Gasteiger partial charge in [-0.1, -0.05) is 12.1 Å². The molecule has 3 N–H and O–H groups in total. The molecule has 0 aromatic heterocycles. The molecule has 2 amide bonds. The minimum Gasteiger partial charge on any atom is -0.394 e. The van der Waals surface area contributed by atoms with Crippen LogP contribution in [0.5, 0.6) is 0 Å². The van der Waals surface area contributed by atoms with Gasteiger partial charge in [-0.15, -0.1) is 0 Å². The summed E-state index contributed by atoms with van der Waals surface area (Å²) in [4.78, 5) is 34.7. The van der Waals surface area contributed by atoms with Gasteiger partial charge in [-0.3, -0.25) is 19.7 Å². The number of aryl methyl sites for hydroxylation is 1. The van der Waals surface area contributed by atoms with E-state index in [1.54, 1.807) is 45.0 Å². The number of aliphatic hydroxyl groups excluding tert-OH is 1. The fourth-order valence-electron chi connectivity index (χ4n) is 2.56. The molecule has 0 atom stereocenters. The average molecular weight is 385 g/mol. The molecular weight excluding hydrogens is 362 g/mol. The van der Waals surface area contributed by atoms with Gasteiger partial charge in [-0.2, -0.15) is 0 Å². The molecule has 0 unspecified atom stereocenters. The molecule has 8 heteroatoms. The molecule has 0 aliphatic rings. The lowest BCUT2D eigenvalue weighted by Crippen LogP contribution is -2.46. The first-order chi connectivity index (χ1) is 13.1. The Morgan fingerprint density at radius 2 is 1.79 bits per heavy atom. The number of rotatable bonds is 7. The molecule has 0 aliphatic heterocycles. The van der Waals surface area contributed by atoms with Crippen LogP contribution in [0, 0.1) is 17.0 Å². The number of nitro benzene ring substituents is 1. The van der Waals surface area contributed by atoms with E-state index in [-0.39, 0.29) is 30.5 Å². The minimum atomic E-state index is -0.687. The summed E-state index contributed by atoms with van der Waals surface area (Å²) in [5.41, 5.74) is 1.30. The van der Waals surface area contributed by atoms with Crippen LogP contribution in [0.3, 0.4) is 0 Å². The number of nitrogens with zero attached hydrogens (tertiary/aromatic N) is 1. The second-order valence-corrected chi connectivity index (χ2v) is 7.18. The van der Waals surface area contributed by atoms with Crippen molar-refractivity contribution >= 4 is 23.2 Å². The molecule has 2 rings (SSSR count). The van der Waals surface area contributed by atoms with Gasteiger partial charge in [0, 0.05) is 22.9 Å². The predicted octanol–water partition coefficient (Wildman–Crippen LogP) is 2.59. The van der Waals surface area contributed by atoms with Crippen LogP contribution >= 0.6 is 0 Å². The van der Waals surface area contributed by atoms with E-state index in [2.05, 4.69) is 10.6 Å². The Kier molecular flexibility index (Phi) is 6.48. The standard InChI is InChI=1S/C20H23N3O5/c1-13-10-15(6-9-17(13)23(27)28)19(26)21-16-7-4-14(5-8-16)11-18(25)22-20(2,3)12-24/h4-10,24H,11-12H2,1-3H3,(H,21,26)(H,22,25). The fraction of sp³-hybridized carbons (Fsp3) is 0.300. The molecule has 8 nitrogen and oxygen atoms in total. The maximum atomic E-state index is 12.3. The SMILES string of the molecule is Cc1cc(C(=O)Nc2ccc(CC(=O)NC(C)(C)CO)cc2)ccc1[N+](=O)[O-]. The molecule has 0 aliphatic carbocycles. The fourth-order valence-corrected chi connectivity index (χ4v) is 2.56. The van der Waals surface area contributed by atoms with Gasteiger partial charge < -0.3 is 15.7 Å². The van der Waals surface area contributed by atoms with E-state index < -0.39 is 10.5 Å². The molecule has 0 saturated heterocycles. The lowest BCUT2D eigenvalue weighted by molar-refractivity contribution is -0.385. The van der Waals surface area contributed by atoms with Crippen molar-refractivity contribution in [3.63, 3.8) is 0 Å². The van der Waals surface area contributed by atoms with E-state index in [1.165, 1.54) is 18.2 Å². The van der Waals surface area contributed by atoms with Gasteiger partial charge in [0.15, 0.2) is 0 Å². The molecule has 2 aromatic carbocycles. The third-order valence-electron chi connectivity index (χ3n) is 4.11. The van der Waals surface area contributed by atoms with E-state index >= 15 is 0 Å². The Morgan fingerprint density at radius 3 is 2.32 bits per heavy atom. The predicted molar refractivity (Wildman–Crippen MR) is 105 cm³/mol. The maximum Gasteiger partial charge on any atom is 0.272 e. The topological polar surface area (TPSA) is 122 Å². The summed E-state index contributed by atoms with van der Waals surface area (Å²) in [6.45, 7) is 4.87. The normalized spacial score (nSPS) is 11.0. The van der Waals surface area contributed by atoms with E-state index in [9.17, 15) is 24.8 Å². The highest BCUT2D eigenvalue weighted by Crippen LogP contribution is 2.20. The van der Waals surface area contributed by atoms with E-state index in [0.29, 0.717) is 16.8 Å². The Bertz CT molecular complexity index is 891. The Balaban J connectivity index is 2.00. The molecule has 2 aromatic rings. The molecule has 0 heterocycles. The molecule has 0 spiro atoms. The first-order valence-corrected chi connectivity index (χ1v) is 8.68. The third-order valence-corrected chi connectivity index (χ3v) is 4.11. The first kappa shape index (κ1) is 21.0. The number of carbonyl (C=O) groups excluding carboxylic acids is 2. The highest BCUT2D eigenvalue weighted by molar-refractivity contribution is 6.04. The van der Waals surface area contributed by atoms with Gasteiger partial charge in [0.2, 0.25) is 5.91 Å². The number of anilines is 1. The molecule has 28 heavy (non-hydrogen) atoms. The smallest absolute Gasteiger partial charge is 0.272 e. The van der Waals surface area contributed by atoms with Crippen LogP contribution in [0.15, 0.2) is 42.5 Å². The van der Waals surface area contributed by atoms with Gasteiger partial charge in [0.05, 0.1) is 23.5 Å². The van der Waals surface area contributed by atoms with E-state index in [4.69, 9.17) is 0 Å². The van der Waals surface area contributed by atoms with Gasteiger partial charge in [-0.05, 0) is 50.6 Å². The number of nitrogens with one attached hydrogen (secondary N) is 2. The van der Waals surface area contributed by atoms with Crippen molar-refractivity contribution in [2.45, 2.75) is 32.7 Å². The molecule has 0 radical (unpaired) electrons. The monoisotopic (exact) mass is 385 g/mol. The van der Waals surface area contributed by atoms with Crippen molar-refractivity contribution in [2.75, 3.05) is 11.9 Å². The van der Waals surface area contributed by atoms with Gasteiger partial charge in [-0.25, -0.2) is 0 Å². The number of nitro groups is 1. The highest BCUT2D eigenvalue weighted by atomic mass is 16.6. The number of benzene rings is 2. The Labute approximate surface area is 162 Å². The van der Waals surface area contributed by atoms with Crippen molar-refractivity contribution in [1.82, 2.24) is 5.32 Å². The molecular formula is C20H23N3O5.